The van der Waals surface area contributed by atoms with Gasteiger partial charge < -0.3 is 11.1 Å². The number of carbonyl (C=O) groups excluding carboxylic acids is 1. The number of aromatic nitrogens is 2. The van der Waals surface area contributed by atoms with Crippen LogP contribution in [0.3, 0.4) is 0 Å². The van der Waals surface area contributed by atoms with Gasteiger partial charge in [-0.15, -0.1) is 0 Å². The molecule has 2 rings (SSSR count). The third-order valence-electron chi connectivity index (χ3n) is 4.00. The minimum absolute atomic E-state index is 0.0148. The molecule has 100 valence electrons. The summed E-state index contributed by atoms with van der Waals surface area (Å²) >= 11 is 0. The van der Waals surface area contributed by atoms with E-state index in [0.29, 0.717) is 0 Å². The first-order valence-corrected chi connectivity index (χ1v) is 6.55. The van der Waals surface area contributed by atoms with Crippen molar-refractivity contribution in [1.82, 2.24) is 15.1 Å². The fourth-order valence-corrected chi connectivity index (χ4v) is 2.65. The number of aryl methyl sites for hydroxylation is 1. The van der Waals surface area contributed by atoms with Gasteiger partial charge in [0, 0.05) is 24.3 Å². The second kappa shape index (κ2) is 5.10. The van der Waals surface area contributed by atoms with Crippen molar-refractivity contribution in [2.45, 2.75) is 45.2 Å². The normalized spacial score (nSPS) is 25.1. The lowest BCUT2D eigenvalue weighted by molar-refractivity contribution is -0.125. The summed E-state index contributed by atoms with van der Waals surface area (Å²) in [4.78, 5) is 12.1. The molecular formula is C13H22N4O. The minimum atomic E-state index is -0.0237. The van der Waals surface area contributed by atoms with Crippen LogP contribution < -0.4 is 11.1 Å². The lowest BCUT2D eigenvalue weighted by Gasteiger charge is -2.19. The summed E-state index contributed by atoms with van der Waals surface area (Å²) in [6.45, 7) is 3.99. The van der Waals surface area contributed by atoms with E-state index in [1.54, 1.807) is 0 Å². The summed E-state index contributed by atoms with van der Waals surface area (Å²) in [6, 6.07) is 0.00574. The zero-order chi connectivity index (χ0) is 13.3. The van der Waals surface area contributed by atoms with Gasteiger partial charge in [-0.3, -0.25) is 9.48 Å². The summed E-state index contributed by atoms with van der Waals surface area (Å²) in [6.07, 6.45) is 4.73. The highest BCUT2D eigenvalue weighted by Crippen LogP contribution is 2.25. The summed E-state index contributed by atoms with van der Waals surface area (Å²) < 4.78 is 1.82. The predicted octanol–water partition coefficient (Wildman–Crippen LogP) is 1.03. The summed E-state index contributed by atoms with van der Waals surface area (Å²) in [7, 11) is 1.90. The molecule has 3 atom stereocenters. The molecular weight excluding hydrogens is 228 g/mol. The Morgan fingerprint density at radius 2 is 2.33 bits per heavy atom. The largest absolute Gasteiger partial charge is 0.349 e. The van der Waals surface area contributed by atoms with Crippen molar-refractivity contribution in [3.8, 4) is 0 Å². The molecule has 1 aromatic rings. The van der Waals surface area contributed by atoms with Gasteiger partial charge in [-0.05, 0) is 26.7 Å². The van der Waals surface area contributed by atoms with E-state index in [-0.39, 0.29) is 23.9 Å². The van der Waals surface area contributed by atoms with E-state index in [1.165, 1.54) is 0 Å². The predicted molar refractivity (Wildman–Crippen MR) is 69.8 cm³/mol. The van der Waals surface area contributed by atoms with E-state index < -0.39 is 0 Å². The molecule has 1 aliphatic carbocycles. The molecule has 1 aliphatic rings. The van der Waals surface area contributed by atoms with Crippen molar-refractivity contribution in [1.29, 1.82) is 0 Å². The van der Waals surface area contributed by atoms with Crippen molar-refractivity contribution in [2.75, 3.05) is 0 Å². The number of nitrogens with zero attached hydrogens (tertiary/aromatic N) is 2. The maximum atomic E-state index is 12.1. The summed E-state index contributed by atoms with van der Waals surface area (Å²) in [5, 5.41) is 7.25. The van der Waals surface area contributed by atoms with Crippen molar-refractivity contribution >= 4 is 5.91 Å². The topological polar surface area (TPSA) is 72.9 Å². The highest BCUT2D eigenvalue weighted by Gasteiger charge is 2.31. The number of hydrogen-bond acceptors (Lipinski definition) is 3. The Balaban J connectivity index is 2.01. The van der Waals surface area contributed by atoms with Crippen molar-refractivity contribution in [3.63, 3.8) is 0 Å². The Kier molecular flexibility index (Phi) is 3.71. The standard InChI is InChI=1S/C13H22N4O/c1-8(11-7-15-17(3)9(11)2)16-13(18)10-5-4-6-12(10)14/h7-8,10,12H,4-6,14H2,1-3H3,(H,16,18). The molecule has 0 aliphatic heterocycles. The van der Waals surface area contributed by atoms with Crippen LogP contribution in [-0.2, 0) is 11.8 Å². The SMILES string of the molecule is Cc1c(C(C)NC(=O)C2CCCC2N)cnn1C. The number of amides is 1. The number of rotatable bonds is 3. The molecule has 1 fully saturated rings. The molecule has 0 spiro atoms. The first-order valence-electron chi connectivity index (χ1n) is 6.55. The summed E-state index contributed by atoms with van der Waals surface area (Å²) in [5.41, 5.74) is 8.10. The Morgan fingerprint density at radius 3 is 2.83 bits per heavy atom. The van der Waals surface area contributed by atoms with Crippen LogP contribution >= 0.6 is 0 Å². The van der Waals surface area contributed by atoms with Crippen LogP contribution in [0.25, 0.3) is 0 Å². The molecule has 0 radical (unpaired) electrons. The van der Waals surface area contributed by atoms with Gasteiger partial charge in [0.25, 0.3) is 0 Å². The molecule has 5 heteroatoms. The number of hydrogen-bond donors (Lipinski definition) is 2. The Hall–Kier alpha value is -1.36. The van der Waals surface area contributed by atoms with Crippen molar-refractivity contribution < 1.29 is 4.79 Å². The van der Waals surface area contributed by atoms with Crippen LogP contribution in [0.4, 0.5) is 0 Å². The number of nitrogens with one attached hydrogen (secondary N) is 1. The van der Waals surface area contributed by atoms with Gasteiger partial charge in [-0.2, -0.15) is 5.10 Å². The Labute approximate surface area is 108 Å². The van der Waals surface area contributed by atoms with Gasteiger partial charge in [-0.1, -0.05) is 6.42 Å². The van der Waals surface area contributed by atoms with Gasteiger partial charge in [-0.25, -0.2) is 0 Å². The molecule has 1 amide bonds. The molecule has 0 bridgehead atoms. The van der Waals surface area contributed by atoms with Gasteiger partial charge in [0.05, 0.1) is 18.2 Å². The van der Waals surface area contributed by atoms with E-state index >= 15 is 0 Å². The molecule has 5 nitrogen and oxygen atoms in total. The van der Waals surface area contributed by atoms with Gasteiger partial charge >= 0.3 is 0 Å². The Morgan fingerprint density at radius 1 is 1.61 bits per heavy atom. The molecule has 0 saturated heterocycles. The van der Waals surface area contributed by atoms with E-state index in [0.717, 1.165) is 30.5 Å². The molecule has 1 heterocycles. The molecule has 3 N–H and O–H groups in total. The van der Waals surface area contributed by atoms with Gasteiger partial charge in [0.1, 0.15) is 0 Å². The average Bonchev–Trinajstić information content (AvgIpc) is 2.87. The Bertz CT molecular complexity index is 440. The smallest absolute Gasteiger partial charge is 0.225 e. The zero-order valence-electron chi connectivity index (χ0n) is 11.3. The van der Waals surface area contributed by atoms with E-state index in [9.17, 15) is 4.79 Å². The maximum absolute atomic E-state index is 12.1. The fourth-order valence-electron chi connectivity index (χ4n) is 2.65. The first kappa shape index (κ1) is 13.1. The number of carbonyl (C=O) groups is 1. The quantitative estimate of drug-likeness (QED) is 0.841. The lowest BCUT2D eigenvalue weighted by atomic mass is 10.0. The second-order valence-electron chi connectivity index (χ2n) is 5.24. The third kappa shape index (κ3) is 2.41. The highest BCUT2D eigenvalue weighted by molar-refractivity contribution is 5.80. The number of nitrogens with two attached hydrogens (primary N) is 1. The first-order chi connectivity index (χ1) is 8.50. The molecule has 0 aromatic carbocycles. The average molecular weight is 250 g/mol. The molecule has 3 unspecified atom stereocenters. The lowest BCUT2D eigenvalue weighted by Crippen LogP contribution is -2.39. The zero-order valence-corrected chi connectivity index (χ0v) is 11.3. The van der Waals surface area contributed by atoms with E-state index in [1.807, 2.05) is 31.8 Å². The minimum Gasteiger partial charge on any atom is -0.349 e. The second-order valence-corrected chi connectivity index (χ2v) is 5.24. The van der Waals surface area contributed by atoms with Crippen LogP contribution in [0.15, 0.2) is 6.20 Å². The van der Waals surface area contributed by atoms with Crippen LogP contribution in [0.2, 0.25) is 0 Å². The third-order valence-corrected chi connectivity index (χ3v) is 4.00. The van der Waals surface area contributed by atoms with Crippen LogP contribution in [0.5, 0.6) is 0 Å². The van der Waals surface area contributed by atoms with Crippen molar-refractivity contribution in [2.24, 2.45) is 18.7 Å². The van der Waals surface area contributed by atoms with Crippen LogP contribution in [0.1, 0.15) is 43.5 Å². The maximum Gasteiger partial charge on any atom is 0.225 e. The van der Waals surface area contributed by atoms with Crippen molar-refractivity contribution in [3.05, 3.63) is 17.5 Å². The van der Waals surface area contributed by atoms with Crippen LogP contribution in [0, 0.1) is 12.8 Å². The highest BCUT2D eigenvalue weighted by atomic mass is 16.2. The molecule has 1 aromatic heterocycles. The summed E-state index contributed by atoms with van der Waals surface area (Å²) in [5.74, 6) is 0.0557. The van der Waals surface area contributed by atoms with Gasteiger partial charge in [0.15, 0.2) is 0 Å². The molecule has 18 heavy (non-hydrogen) atoms. The van der Waals surface area contributed by atoms with Crippen LogP contribution in [-0.4, -0.2) is 21.7 Å². The fraction of sp³-hybridized carbons (Fsp3) is 0.692. The molecule has 1 saturated carbocycles. The van der Waals surface area contributed by atoms with Gasteiger partial charge in [0.2, 0.25) is 5.91 Å². The van der Waals surface area contributed by atoms with E-state index in [2.05, 4.69) is 10.4 Å². The monoisotopic (exact) mass is 250 g/mol. The van der Waals surface area contributed by atoms with E-state index in [4.69, 9.17) is 5.73 Å².